The number of hydrogen-bond donors (Lipinski definition) is 2. The third-order valence-electron chi connectivity index (χ3n) is 3.30. The van der Waals surface area contributed by atoms with Crippen LogP contribution in [-0.4, -0.2) is 60.3 Å². The lowest BCUT2D eigenvalue weighted by molar-refractivity contribution is 0.0368. The molecule has 1 saturated heterocycles. The topological polar surface area (TPSA) is 62.3 Å². The molecular weight excluding hydrogens is 290 g/mol. The minimum absolute atomic E-state index is 0.259. The fraction of sp³-hybridized carbons (Fsp3) is 0.714. The fourth-order valence-corrected chi connectivity index (χ4v) is 2.39. The predicted molar refractivity (Wildman–Crippen MR) is 86.2 cm³/mol. The minimum Gasteiger partial charge on any atom is -0.379 e. The molecule has 21 heavy (non-hydrogen) atoms. The second kappa shape index (κ2) is 8.36. The molecule has 118 valence electrons. The number of nitrogens with zero attached hydrogens (tertiary/aromatic N) is 3. The number of nitrogens with one attached hydrogen (secondary N) is 2. The Kier molecular flexibility index (Phi) is 6.48. The largest absolute Gasteiger partial charge is 0.379 e. The summed E-state index contributed by atoms with van der Waals surface area (Å²) in [4.78, 5) is 11.0. The van der Waals surface area contributed by atoms with Crippen molar-refractivity contribution in [3.05, 3.63) is 11.2 Å². The van der Waals surface area contributed by atoms with E-state index < -0.39 is 0 Å². The van der Waals surface area contributed by atoms with Crippen molar-refractivity contribution in [2.45, 2.75) is 26.3 Å². The third-order valence-corrected chi connectivity index (χ3v) is 3.57. The van der Waals surface area contributed by atoms with Gasteiger partial charge in [-0.15, -0.1) is 0 Å². The van der Waals surface area contributed by atoms with Crippen molar-refractivity contribution in [3.63, 3.8) is 0 Å². The second-order valence-corrected chi connectivity index (χ2v) is 5.68. The van der Waals surface area contributed by atoms with Crippen molar-refractivity contribution in [2.75, 3.05) is 50.0 Å². The molecule has 0 spiro atoms. The van der Waals surface area contributed by atoms with E-state index in [0.29, 0.717) is 16.8 Å². The van der Waals surface area contributed by atoms with Crippen LogP contribution in [0.1, 0.15) is 20.3 Å². The van der Waals surface area contributed by atoms with Crippen LogP contribution in [0.2, 0.25) is 5.02 Å². The van der Waals surface area contributed by atoms with E-state index in [9.17, 15) is 0 Å². The number of anilines is 2. The summed E-state index contributed by atoms with van der Waals surface area (Å²) in [7, 11) is 0. The molecular formula is C14H24ClN5O. The molecule has 0 aliphatic carbocycles. The van der Waals surface area contributed by atoms with Crippen LogP contribution in [0.15, 0.2) is 6.20 Å². The molecule has 0 radical (unpaired) electrons. The number of halogens is 1. The van der Waals surface area contributed by atoms with Gasteiger partial charge in [0.05, 0.1) is 19.4 Å². The highest BCUT2D eigenvalue weighted by Crippen LogP contribution is 2.20. The maximum atomic E-state index is 6.17. The van der Waals surface area contributed by atoms with Crippen LogP contribution >= 0.6 is 11.6 Å². The summed E-state index contributed by atoms with van der Waals surface area (Å²) < 4.78 is 5.36. The number of ether oxygens (including phenoxy) is 1. The normalized spacial score (nSPS) is 17.5. The molecule has 2 heterocycles. The zero-order chi connectivity index (χ0) is 15.1. The monoisotopic (exact) mass is 313 g/mol. The molecule has 0 saturated carbocycles. The van der Waals surface area contributed by atoms with E-state index in [-0.39, 0.29) is 6.04 Å². The maximum absolute atomic E-state index is 6.17. The lowest BCUT2D eigenvalue weighted by Crippen LogP contribution is -2.42. The Morgan fingerprint density at radius 3 is 2.90 bits per heavy atom. The number of rotatable bonds is 7. The smallest absolute Gasteiger partial charge is 0.224 e. The lowest BCUT2D eigenvalue weighted by Gasteiger charge is -2.29. The van der Waals surface area contributed by atoms with E-state index in [1.807, 2.05) is 0 Å². The van der Waals surface area contributed by atoms with E-state index in [0.717, 1.165) is 45.8 Å². The average Bonchev–Trinajstić information content (AvgIpc) is 2.49. The molecule has 1 aliphatic rings. The van der Waals surface area contributed by atoms with Crippen molar-refractivity contribution < 1.29 is 4.74 Å². The molecule has 1 aromatic heterocycles. The van der Waals surface area contributed by atoms with Gasteiger partial charge >= 0.3 is 0 Å². The van der Waals surface area contributed by atoms with Gasteiger partial charge in [-0.3, -0.25) is 4.90 Å². The van der Waals surface area contributed by atoms with Gasteiger partial charge in [0.15, 0.2) is 5.82 Å². The minimum atomic E-state index is 0.259. The zero-order valence-electron chi connectivity index (χ0n) is 12.7. The third kappa shape index (κ3) is 5.30. The van der Waals surface area contributed by atoms with Gasteiger partial charge in [0, 0.05) is 32.2 Å². The molecule has 2 rings (SSSR count). The summed E-state index contributed by atoms with van der Waals surface area (Å²) in [5.41, 5.74) is 0. The highest BCUT2D eigenvalue weighted by molar-refractivity contribution is 6.32. The SMILES string of the molecule is CCCNc1ncc(Cl)c(NC(C)CN2CCOCC2)n1. The first-order chi connectivity index (χ1) is 10.2. The Bertz CT molecular complexity index is 439. The standard InChI is InChI=1S/C14H24ClN5O/c1-3-4-16-14-17-9-12(15)13(19-14)18-11(2)10-20-5-7-21-8-6-20/h9,11H,3-8,10H2,1-2H3,(H2,16,17,18,19). The highest BCUT2D eigenvalue weighted by Gasteiger charge is 2.15. The van der Waals surface area contributed by atoms with Crippen LogP contribution in [0.25, 0.3) is 0 Å². The Labute approximate surface area is 131 Å². The van der Waals surface area contributed by atoms with E-state index in [1.165, 1.54) is 0 Å². The Hall–Kier alpha value is -1.11. The van der Waals surface area contributed by atoms with Crippen molar-refractivity contribution in [2.24, 2.45) is 0 Å². The van der Waals surface area contributed by atoms with E-state index in [2.05, 4.69) is 39.3 Å². The van der Waals surface area contributed by atoms with Gasteiger partial charge in [-0.05, 0) is 13.3 Å². The molecule has 0 bridgehead atoms. The van der Waals surface area contributed by atoms with Gasteiger partial charge in [-0.25, -0.2) is 4.98 Å². The zero-order valence-corrected chi connectivity index (χ0v) is 13.5. The number of aromatic nitrogens is 2. The second-order valence-electron chi connectivity index (χ2n) is 5.28. The average molecular weight is 314 g/mol. The molecule has 6 nitrogen and oxygen atoms in total. The summed E-state index contributed by atoms with van der Waals surface area (Å²) in [6.45, 7) is 9.61. The van der Waals surface area contributed by atoms with Gasteiger partial charge in [0.25, 0.3) is 0 Å². The van der Waals surface area contributed by atoms with Crippen LogP contribution in [0.5, 0.6) is 0 Å². The van der Waals surface area contributed by atoms with E-state index >= 15 is 0 Å². The van der Waals surface area contributed by atoms with Gasteiger partial charge in [0.2, 0.25) is 5.95 Å². The van der Waals surface area contributed by atoms with Crippen molar-refractivity contribution in [3.8, 4) is 0 Å². The van der Waals surface area contributed by atoms with Crippen LogP contribution in [0.3, 0.4) is 0 Å². The molecule has 7 heteroatoms. The molecule has 1 atom stereocenters. The first kappa shape index (κ1) is 16.3. The molecule has 2 N–H and O–H groups in total. The van der Waals surface area contributed by atoms with Crippen LogP contribution in [-0.2, 0) is 4.74 Å². The summed E-state index contributed by atoms with van der Waals surface area (Å²) in [6, 6.07) is 0.259. The predicted octanol–water partition coefficient (Wildman–Crippen LogP) is 2.08. The van der Waals surface area contributed by atoms with Crippen LogP contribution < -0.4 is 10.6 Å². The summed E-state index contributed by atoms with van der Waals surface area (Å²) in [5, 5.41) is 7.08. The maximum Gasteiger partial charge on any atom is 0.224 e. The summed E-state index contributed by atoms with van der Waals surface area (Å²) in [6.07, 6.45) is 2.67. The molecule has 0 amide bonds. The Morgan fingerprint density at radius 1 is 1.43 bits per heavy atom. The van der Waals surface area contributed by atoms with Gasteiger partial charge < -0.3 is 15.4 Å². The Balaban J connectivity index is 1.90. The van der Waals surface area contributed by atoms with Crippen molar-refractivity contribution in [1.29, 1.82) is 0 Å². The Morgan fingerprint density at radius 2 is 2.19 bits per heavy atom. The molecule has 1 aliphatic heterocycles. The molecule has 1 fully saturated rings. The first-order valence-corrected chi connectivity index (χ1v) is 7.90. The van der Waals surface area contributed by atoms with Gasteiger partial charge in [-0.1, -0.05) is 18.5 Å². The lowest BCUT2D eigenvalue weighted by atomic mass is 10.3. The van der Waals surface area contributed by atoms with Crippen LogP contribution in [0, 0.1) is 0 Å². The first-order valence-electron chi connectivity index (χ1n) is 7.52. The molecule has 1 unspecified atom stereocenters. The summed E-state index contributed by atoms with van der Waals surface area (Å²) in [5.74, 6) is 1.30. The molecule has 0 aromatic carbocycles. The number of morpholine rings is 1. The van der Waals surface area contributed by atoms with Gasteiger partial charge in [0.1, 0.15) is 5.02 Å². The number of hydrogen-bond acceptors (Lipinski definition) is 6. The molecule has 1 aromatic rings. The van der Waals surface area contributed by atoms with E-state index in [1.54, 1.807) is 6.20 Å². The van der Waals surface area contributed by atoms with Gasteiger partial charge in [-0.2, -0.15) is 4.98 Å². The summed E-state index contributed by atoms with van der Waals surface area (Å²) >= 11 is 6.17. The van der Waals surface area contributed by atoms with Crippen LogP contribution in [0.4, 0.5) is 11.8 Å². The van der Waals surface area contributed by atoms with Crippen molar-refractivity contribution >= 4 is 23.4 Å². The fourth-order valence-electron chi connectivity index (χ4n) is 2.24. The van der Waals surface area contributed by atoms with E-state index in [4.69, 9.17) is 16.3 Å². The van der Waals surface area contributed by atoms with Crippen molar-refractivity contribution in [1.82, 2.24) is 14.9 Å². The highest BCUT2D eigenvalue weighted by atomic mass is 35.5. The quantitative estimate of drug-likeness (QED) is 0.803.